The lowest BCUT2D eigenvalue weighted by molar-refractivity contribution is 0.251. The Morgan fingerprint density at radius 3 is 2.79 bits per heavy atom. The van der Waals surface area contributed by atoms with E-state index in [-0.39, 0.29) is 6.03 Å². The summed E-state index contributed by atoms with van der Waals surface area (Å²) in [6.45, 7) is 5.92. The molecule has 28 heavy (non-hydrogen) atoms. The van der Waals surface area contributed by atoms with Crippen LogP contribution in [0.4, 0.5) is 10.5 Å². The van der Waals surface area contributed by atoms with Crippen molar-refractivity contribution in [3.05, 3.63) is 77.9 Å². The molecular formula is C22H26N4O2. The van der Waals surface area contributed by atoms with Gasteiger partial charge < -0.3 is 19.9 Å². The number of benzene rings is 2. The van der Waals surface area contributed by atoms with Crippen LogP contribution in [0.1, 0.15) is 30.0 Å². The van der Waals surface area contributed by atoms with Crippen LogP contribution in [-0.4, -0.2) is 22.2 Å². The second-order valence-electron chi connectivity index (χ2n) is 6.69. The second-order valence-corrected chi connectivity index (χ2v) is 6.69. The molecule has 0 atom stereocenters. The molecule has 0 saturated carbocycles. The summed E-state index contributed by atoms with van der Waals surface area (Å²) < 4.78 is 7.63. The van der Waals surface area contributed by atoms with Gasteiger partial charge in [-0.25, -0.2) is 9.78 Å². The molecular weight excluding hydrogens is 352 g/mol. The molecule has 6 heteroatoms. The van der Waals surface area contributed by atoms with E-state index in [0.29, 0.717) is 13.2 Å². The third-order valence-corrected chi connectivity index (χ3v) is 4.29. The summed E-state index contributed by atoms with van der Waals surface area (Å²) in [6.07, 6.45) is 6.45. The Labute approximate surface area is 165 Å². The number of hydrogen-bond donors (Lipinski definition) is 2. The summed E-state index contributed by atoms with van der Waals surface area (Å²) in [6, 6.07) is 13.6. The van der Waals surface area contributed by atoms with Gasteiger partial charge in [0.05, 0.1) is 12.9 Å². The van der Waals surface area contributed by atoms with E-state index in [0.717, 1.165) is 41.1 Å². The second kappa shape index (κ2) is 9.60. The molecule has 0 spiro atoms. The van der Waals surface area contributed by atoms with Gasteiger partial charge in [0, 0.05) is 31.2 Å². The first-order valence-electron chi connectivity index (χ1n) is 9.46. The number of nitrogens with one attached hydrogen (secondary N) is 2. The molecule has 0 bridgehead atoms. The highest BCUT2D eigenvalue weighted by molar-refractivity contribution is 5.90. The minimum Gasteiger partial charge on any atom is -0.494 e. The number of rotatable bonds is 8. The normalized spacial score (nSPS) is 10.5. The number of nitrogens with zero attached hydrogens (tertiary/aromatic N) is 2. The van der Waals surface area contributed by atoms with Gasteiger partial charge in [-0.15, -0.1) is 0 Å². The van der Waals surface area contributed by atoms with E-state index in [4.69, 9.17) is 4.74 Å². The largest absolute Gasteiger partial charge is 0.494 e. The third-order valence-electron chi connectivity index (χ3n) is 4.29. The van der Waals surface area contributed by atoms with Crippen molar-refractivity contribution in [2.24, 2.45) is 0 Å². The van der Waals surface area contributed by atoms with Gasteiger partial charge in [0.25, 0.3) is 0 Å². The summed E-state index contributed by atoms with van der Waals surface area (Å²) in [5.74, 6) is 0.819. The van der Waals surface area contributed by atoms with E-state index in [1.807, 2.05) is 48.0 Å². The van der Waals surface area contributed by atoms with Gasteiger partial charge in [-0.05, 0) is 48.2 Å². The van der Waals surface area contributed by atoms with Crippen LogP contribution in [0.3, 0.4) is 0 Å². The van der Waals surface area contributed by atoms with E-state index in [1.165, 1.54) is 0 Å². The molecule has 1 aromatic heterocycles. The fourth-order valence-corrected chi connectivity index (χ4v) is 2.86. The zero-order valence-electron chi connectivity index (χ0n) is 16.3. The maximum atomic E-state index is 12.3. The van der Waals surface area contributed by atoms with Crippen molar-refractivity contribution in [2.75, 3.05) is 11.9 Å². The Balaban J connectivity index is 1.53. The van der Waals surface area contributed by atoms with E-state index >= 15 is 0 Å². The zero-order valence-corrected chi connectivity index (χ0v) is 16.3. The fourth-order valence-electron chi connectivity index (χ4n) is 2.86. The minimum absolute atomic E-state index is 0.231. The predicted molar refractivity (Wildman–Crippen MR) is 111 cm³/mol. The Morgan fingerprint density at radius 1 is 1.18 bits per heavy atom. The SMILES string of the molecule is CCCOc1ccc(NC(=O)NCc2cccc(Cn3ccnc3)c2)c(C)c1. The minimum atomic E-state index is -0.231. The summed E-state index contributed by atoms with van der Waals surface area (Å²) in [7, 11) is 0. The van der Waals surface area contributed by atoms with Crippen LogP contribution in [0, 0.1) is 6.92 Å². The standard InChI is InChI=1S/C22H26N4O2/c1-3-11-28-20-7-8-21(17(2)12-20)25-22(27)24-14-18-5-4-6-19(13-18)15-26-10-9-23-16-26/h4-10,12-13,16H,3,11,14-15H2,1-2H3,(H2,24,25,27). The van der Waals surface area contributed by atoms with Crippen molar-refractivity contribution in [3.63, 3.8) is 0 Å². The van der Waals surface area contributed by atoms with Crippen LogP contribution in [0.15, 0.2) is 61.2 Å². The van der Waals surface area contributed by atoms with Gasteiger partial charge in [0.1, 0.15) is 5.75 Å². The summed E-state index contributed by atoms with van der Waals surface area (Å²) >= 11 is 0. The first-order valence-corrected chi connectivity index (χ1v) is 9.46. The molecule has 2 N–H and O–H groups in total. The average molecular weight is 378 g/mol. The van der Waals surface area contributed by atoms with Crippen LogP contribution in [0.25, 0.3) is 0 Å². The molecule has 0 fully saturated rings. The Morgan fingerprint density at radius 2 is 2.04 bits per heavy atom. The number of hydrogen-bond acceptors (Lipinski definition) is 3. The van der Waals surface area contributed by atoms with Crippen molar-refractivity contribution in [1.29, 1.82) is 0 Å². The number of aromatic nitrogens is 2. The molecule has 6 nitrogen and oxygen atoms in total. The lowest BCUT2D eigenvalue weighted by Gasteiger charge is -2.12. The summed E-state index contributed by atoms with van der Waals surface area (Å²) in [4.78, 5) is 16.3. The van der Waals surface area contributed by atoms with Gasteiger partial charge in [-0.3, -0.25) is 0 Å². The molecule has 0 radical (unpaired) electrons. The first-order chi connectivity index (χ1) is 13.6. The van der Waals surface area contributed by atoms with Crippen molar-refractivity contribution >= 4 is 11.7 Å². The number of aryl methyl sites for hydroxylation is 1. The van der Waals surface area contributed by atoms with E-state index in [1.54, 1.807) is 12.5 Å². The molecule has 0 aliphatic heterocycles. The van der Waals surface area contributed by atoms with Crippen molar-refractivity contribution in [3.8, 4) is 5.75 Å². The Hall–Kier alpha value is -3.28. The van der Waals surface area contributed by atoms with Gasteiger partial charge in [-0.1, -0.05) is 31.2 Å². The van der Waals surface area contributed by atoms with E-state index in [9.17, 15) is 4.79 Å². The molecule has 0 unspecified atom stereocenters. The molecule has 2 amide bonds. The monoisotopic (exact) mass is 378 g/mol. The summed E-state index contributed by atoms with van der Waals surface area (Å²) in [5, 5.41) is 5.81. The number of carbonyl (C=O) groups is 1. The fraction of sp³-hybridized carbons (Fsp3) is 0.273. The molecule has 0 saturated heterocycles. The topological polar surface area (TPSA) is 68.2 Å². The number of urea groups is 1. The highest BCUT2D eigenvalue weighted by Crippen LogP contribution is 2.21. The van der Waals surface area contributed by atoms with E-state index in [2.05, 4.69) is 34.7 Å². The van der Waals surface area contributed by atoms with Crippen molar-refractivity contribution < 1.29 is 9.53 Å². The Kier molecular flexibility index (Phi) is 6.68. The van der Waals surface area contributed by atoms with E-state index < -0.39 is 0 Å². The third kappa shape index (κ3) is 5.61. The van der Waals surface area contributed by atoms with Crippen LogP contribution in [0.5, 0.6) is 5.75 Å². The highest BCUT2D eigenvalue weighted by Gasteiger charge is 2.06. The van der Waals surface area contributed by atoms with Crippen LogP contribution in [0.2, 0.25) is 0 Å². The maximum Gasteiger partial charge on any atom is 0.319 e. The van der Waals surface area contributed by atoms with Crippen LogP contribution in [-0.2, 0) is 13.1 Å². The molecule has 0 aliphatic carbocycles. The number of amides is 2. The lowest BCUT2D eigenvalue weighted by Crippen LogP contribution is -2.28. The average Bonchev–Trinajstić information content (AvgIpc) is 3.20. The predicted octanol–water partition coefficient (Wildman–Crippen LogP) is 4.35. The smallest absolute Gasteiger partial charge is 0.319 e. The van der Waals surface area contributed by atoms with Gasteiger partial charge in [0.15, 0.2) is 0 Å². The molecule has 1 heterocycles. The number of carbonyl (C=O) groups excluding carboxylic acids is 1. The highest BCUT2D eigenvalue weighted by atomic mass is 16.5. The zero-order chi connectivity index (χ0) is 19.8. The summed E-state index contributed by atoms with van der Waals surface area (Å²) in [5.41, 5.74) is 3.95. The van der Waals surface area contributed by atoms with Gasteiger partial charge >= 0.3 is 6.03 Å². The van der Waals surface area contributed by atoms with Gasteiger partial charge in [-0.2, -0.15) is 0 Å². The molecule has 3 rings (SSSR count). The maximum absolute atomic E-state index is 12.3. The number of ether oxygens (including phenoxy) is 1. The van der Waals surface area contributed by atoms with Crippen LogP contribution < -0.4 is 15.4 Å². The lowest BCUT2D eigenvalue weighted by atomic mass is 10.1. The molecule has 146 valence electrons. The quantitative estimate of drug-likeness (QED) is 0.612. The van der Waals surface area contributed by atoms with Crippen molar-refractivity contribution in [2.45, 2.75) is 33.4 Å². The Bertz CT molecular complexity index is 907. The van der Waals surface area contributed by atoms with Crippen molar-refractivity contribution in [1.82, 2.24) is 14.9 Å². The molecule has 2 aromatic carbocycles. The van der Waals surface area contributed by atoms with Gasteiger partial charge in [0.2, 0.25) is 0 Å². The number of anilines is 1. The molecule has 3 aromatic rings. The number of imidazole rings is 1. The molecule has 0 aliphatic rings. The van der Waals surface area contributed by atoms with Crippen LogP contribution >= 0.6 is 0 Å². The first kappa shape index (κ1) is 19.5.